The van der Waals surface area contributed by atoms with Crippen LogP contribution in [-0.2, 0) is 9.53 Å². The zero-order valence-electron chi connectivity index (χ0n) is 19.1. The van der Waals surface area contributed by atoms with Crippen LogP contribution in [0.4, 0.5) is 5.82 Å². The summed E-state index contributed by atoms with van der Waals surface area (Å²) >= 11 is 0. The molecule has 0 radical (unpaired) electrons. The number of carbonyl (C=O) groups excluding carboxylic acids is 2. The van der Waals surface area contributed by atoms with Crippen LogP contribution < -0.4 is 4.90 Å². The van der Waals surface area contributed by atoms with Crippen molar-refractivity contribution in [2.24, 2.45) is 0 Å². The van der Waals surface area contributed by atoms with Crippen LogP contribution in [0.1, 0.15) is 24.2 Å². The molecule has 172 valence electrons. The Balaban J connectivity index is 1.50. The van der Waals surface area contributed by atoms with Gasteiger partial charge in [0.1, 0.15) is 5.82 Å². The van der Waals surface area contributed by atoms with Gasteiger partial charge in [-0.15, -0.1) is 0 Å². The van der Waals surface area contributed by atoms with Crippen LogP contribution >= 0.6 is 0 Å². The molecule has 8 nitrogen and oxygen atoms in total. The highest BCUT2D eigenvalue weighted by Gasteiger charge is 2.25. The van der Waals surface area contributed by atoms with Gasteiger partial charge in [-0.05, 0) is 26.0 Å². The molecule has 1 aromatic heterocycles. The number of benzene rings is 1. The van der Waals surface area contributed by atoms with Crippen molar-refractivity contribution >= 4 is 28.5 Å². The van der Waals surface area contributed by atoms with Gasteiger partial charge in [0.2, 0.25) is 5.91 Å². The number of pyridine rings is 1. The van der Waals surface area contributed by atoms with Gasteiger partial charge in [0.15, 0.2) is 0 Å². The van der Waals surface area contributed by atoms with E-state index in [0.29, 0.717) is 38.4 Å². The maximum atomic E-state index is 13.3. The van der Waals surface area contributed by atoms with Gasteiger partial charge in [-0.3, -0.25) is 14.5 Å². The van der Waals surface area contributed by atoms with Crippen molar-refractivity contribution in [3.8, 4) is 0 Å². The van der Waals surface area contributed by atoms with Gasteiger partial charge in [-0.25, -0.2) is 4.98 Å². The number of likely N-dealkylation sites (N-methyl/N-ethyl adjacent to an activating group) is 1. The first-order valence-electron chi connectivity index (χ1n) is 11.6. The third-order valence-electron chi connectivity index (χ3n) is 6.40. The number of carbonyl (C=O) groups is 2. The minimum atomic E-state index is 0.0385. The summed E-state index contributed by atoms with van der Waals surface area (Å²) in [6.45, 7) is 11.5. The number of hydrogen-bond acceptors (Lipinski definition) is 6. The van der Waals surface area contributed by atoms with Crippen molar-refractivity contribution in [2.45, 2.75) is 13.8 Å². The van der Waals surface area contributed by atoms with Crippen LogP contribution in [0.3, 0.4) is 0 Å². The van der Waals surface area contributed by atoms with E-state index in [4.69, 9.17) is 9.72 Å². The summed E-state index contributed by atoms with van der Waals surface area (Å²) in [5.41, 5.74) is 1.53. The quantitative estimate of drug-likeness (QED) is 0.683. The summed E-state index contributed by atoms with van der Waals surface area (Å²) in [5, 5.41) is 0.885. The van der Waals surface area contributed by atoms with Gasteiger partial charge in [-0.1, -0.05) is 18.2 Å². The van der Waals surface area contributed by atoms with Gasteiger partial charge >= 0.3 is 0 Å². The molecular formula is C24H33N5O3. The third-order valence-corrected chi connectivity index (χ3v) is 6.40. The molecule has 4 rings (SSSR count). The number of rotatable bonds is 6. The lowest BCUT2D eigenvalue weighted by Gasteiger charge is -2.36. The number of hydrogen-bond donors (Lipinski definition) is 0. The van der Waals surface area contributed by atoms with Gasteiger partial charge in [0, 0.05) is 57.7 Å². The first-order chi connectivity index (χ1) is 15.6. The first-order valence-corrected chi connectivity index (χ1v) is 11.6. The normalized spacial score (nSPS) is 17.6. The fourth-order valence-electron chi connectivity index (χ4n) is 4.44. The Morgan fingerprint density at radius 3 is 2.38 bits per heavy atom. The van der Waals surface area contributed by atoms with Crippen LogP contribution in [0.25, 0.3) is 10.9 Å². The standard InChI is InChI=1S/C24H33N5O3/c1-3-27(4-2)23(30)18-26-9-11-28(12-10-26)22-17-20(19-7-5-6-8-21(19)25-22)24(31)29-13-15-32-16-14-29/h5-8,17H,3-4,9-16,18H2,1-2H3. The van der Waals surface area contributed by atoms with Crippen molar-refractivity contribution in [3.63, 3.8) is 0 Å². The lowest BCUT2D eigenvalue weighted by atomic mass is 10.1. The molecule has 8 heteroatoms. The second kappa shape index (κ2) is 10.3. The van der Waals surface area contributed by atoms with Crippen molar-refractivity contribution < 1.29 is 14.3 Å². The van der Waals surface area contributed by atoms with E-state index in [-0.39, 0.29) is 11.8 Å². The molecule has 1 aromatic carbocycles. The maximum Gasteiger partial charge on any atom is 0.254 e. The zero-order chi connectivity index (χ0) is 22.5. The Morgan fingerprint density at radius 2 is 1.69 bits per heavy atom. The Labute approximate surface area is 189 Å². The molecule has 2 aromatic rings. The minimum absolute atomic E-state index is 0.0385. The van der Waals surface area contributed by atoms with E-state index >= 15 is 0 Å². The number of anilines is 1. The van der Waals surface area contributed by atoms with E-state index in [9.17, 15) is 9.59 Å². The first kappa shape index (κ1) is 22.5. The summed E-state index contributed by atoms with van der Waals surface area (Å²) in [7, 11) is 0. The second-order valence-electron chi connectivity index (χ2n) is 8.28. The number of amides is 2. The number of aromatic nitrogens is 1. The van der Waals surface area contributed by atoms with Crippen molar-refractivity contribution in [1.29, 1.82) is 0 Å². The van der Waals surface area contributed by atoms with Crippen LogP contribution in [-0.4, -0.2) is 104 Å². The molecule has 2 aliphatic rings. The highest BCUT2D eigenvalue weighted by Crippen LogP contribution is 2.25. The molecule has 0 saturated carbocycles. The predicted octanol–water partition coefficient (Wildman–Crippen LogP) is 1.70. The van der Waals surface area contributed by atoms with Crippen molar-refractivity contribution in [3.05, 3.63) is 35.9 Å². The number of morpholine rings is 1. The number of para-hydroxylation sites is 1. The van der Waals surface area contributed by atoms with Crippen LogP contribution in [0, 0.1) is 0 Å². The van der Waals surface area contributed by atoms with Gasteiger partial charge < -0.3 is 19.4 Å². The van der Waals surface area contributed by atoms with Crippen molar-refractivity contribution in [1.82, 2.24) is 19.7 Å². The van der Waals surface area contributed by atoms with E-state index in [0.717, 1.165) is 56.0 Å². The predicted molar refractivity (Wildman–Crippen MR) is 125 cm³/mol. The molecule has 0 atom stereocenters. The van der Waals surface area contributed by atoms with E-state index in [1.165, 1.54) is 0 Å². The highest BCUT2D eigenvalue weighted by molar-refractivity contribution is 6.07. The summed E-state index contributed by atoms with van der Waals surface area (Å²) < 4.78 is 5.41. The second-order valence-corrected chi connectivity index (χ2v) is 8.28. The Bertz CT molecular complexity index is 948. The molecule has 2 amide bonds. The molecule has 2 fully saturated rings. The Morgan fingerprint density at radius 1 is 1.00 bits per heavy atom. The molecule has 2 saturated heterocycles. The molecule has 0 bridgehead atoms. The zero-order valence-corrected chi connectivity index (χ0v) is 19.1. The average Bonchev–Trinajstić information content (AvgIpc) is 2.84. The van der Waals surface area contributed by atoms with Gasteiger partial charge in [0.05, 0.1) is 30.8 Å². The number of piperazine rings is 1. The largest absolute Gasteiger partial charge is 0.378 e. The molecule has 2 aliphatic heterocycles. The third kappa shape index (κ3) is 4.86. The number of nitrogens with zero attached hydrogens (tertiary/aromatic N) is 5. The monoisotopic (exact) mass is 439 g/mol. The fraction of sp³-hybridized carbons (Fsp3) is 0.542. The van der Waals surface area contributed by atoms with E-state index < -0.39 is 0 Å². The summed E-state index contributed by atoms with van der Waals surface area (Å²) in [4.78, 5) is 38.8. The van der Waals surface area contributed by atoms with Crippen LogP contribution in [0.5, 0.6) is 0 Å². The average molecular weight is 440 g/mol. The Kier molecular flexibility index (Phi) is 7.22. The number of fused-ring (bicyclic) bond motifs is 1. The molecular weight excluding hydrogens is 406 g/mol. The van der Waals surface area contributed by atoms with Crippen molar-refractivity contribution in [2.75, 3.05) is 77.0 Å². The molecule has 0 N–H and O–H groups in total. The lowest BCUT2D eigenvalue weighted by molar-refractivity contribution is -0.132. The smallest absolute Gasteiger partial charge is 0.254 e. The fourth-order valence-corrected chi connectivity index (χ4v) is 4.44. The maximum absolute atomic E-state index is 13.3. The van der Waals surface area contributed by atoms with Crippen LogP contribution in [0.2, 0.25) is 0 Å². The van der Waals surface area contributed by atoms with E-state index in [2.05, 4.69) is 9.80 Å². The summed E-state index contributed by atoms with van der Waals surface area (Å²) in [6, 6.07) is 9.78. The Hall–Kier alpha value is -2.71. The molecule has 0 aliphatic carbocycles. The highest BCUT2D eigenvalue weighted by atomic mass is 16.5. The van der Waals surface area contributed by atoms with Crippen LogP contribution in [0.15, 0.2) is 30.3 Å². The molecule has 0 unspecified atom stereocenters. The van der Waals surface area contributed by atoms with E-state index in [1.54, 1.807) is 0 Å². The summed E-state index contributed by atoms with van der Waals surface area (Å²) in [6.07, 6.45) is 0. The van der Waals surface area contributed by atoms with Gasteiger partial charge in [-0.2, -0.15) is 0 Å². The molecule has 0 spiro atoms. The topological polar surface area (TPSA) is 69.2 Å². The van der Waals surface area contributed by atoms with E-state index in [1.807, 2.05) is 54.0 Å². The van der Waals surface area contributed by atoms with Gasteiger partial charge in [0.25, 0.3) is 5.91 Å². The lowest BCUT2D eigenvalue weighted by Crippen LogP contribution is -2.50. The molecule has 32 heavy (non-hydrogen) atoms. The minimum Gasteiger partial charge on any atom is -0.378 e. The SMILES string of the molecule is CCN(CC)C(=O)CN1CCN(c2cc(C(=O)N3CCOCC3)c3ccccc3n2)CC1. The summed E-state index contributed by atoms with van der Waals surface area (Å²) in [5.74, 6) is 1.05. The molecule has 3 heterocycles. The number of ether oxygens (including phenoxy) is 1.